The van der Waals surface area contributed by atoms with Gasteiger partial charge in [-0.2, -0.15) is 0 Å². The van der Waals surface area contributed by atoms with Gasteiger partial charge in [0.25, 0.3) is 0 Å². The Hall–Kier alpha value is -0.870. The molecule has 0 bridgehead atoms. The van der Waals surface area contributed by atoms with Crippen molar-refractivity contribution in [1.82, 2.24) is 0 Å². The normalized spacial score (nSPS) is 16.4. The van der Waals surface area contributed by atoms with Gasteiger partial charge in [0, 0.05) is 5.66 Å². The molecule has 0 radical (unpaired) electrons. The third-order valence-electron chi connectivity index (χ3n) is 2.22. The van der Waals surface area contributed by atoms with Gasteiger partial charge in [0.15, 0.2) is 0 Å². The molecule has 1 aromatic rings. The van der Waals surface area contributed by atoms with Gasteiger partial charge in [-0.1, -0.05) is 57.2 Å². The third-order valence-corrected chi connectivity index (χ3v) is 3.81. The van der Waals surface area contributed by atoms with Crippen LogP contribution in [0.2, 0.25) is 0 Å². The molecule has 0 aliphatic heterocycles. The summed E-state index contributed by atoms with van der Waals surface area (Å²) in [5.41, 5.74) is 2.05. The minimum Gasteiger partial charge on any atom is -0.0791 e. The lowest BCUT2D eigenvalue weighted by Gasteiger charge is -2.08. The highest BCUT2D eigenvalue weighted by Crippen LogP contribution is 2.25. The van der Waals surface area contributed by atoms with Crippen LogP contribution in [0.1, 0.15) is 5.56 Å². The van der Waals surface area contributed by atoms with Crippen LogP contribution in [-0.2, 0) is 0 Å². The minimum absolute atomic E-state index is 0.640. The van der Waals surface area contributed by atoms with Gasteiger partial charge < -0.3 is 0 Å². The predicted molar refractivity (Wildman–Crippen MR) is 61.2 cm³/mol. The van der Waals surface area contributed by atoms with Crippen molar-refractivity contribution in [2.45, 2.75) is 12.6 Å². The van der Waals surface area contributed by atoms with Crippen LogP contribution in [0.3, 0.4) is 0 Å². The van der Waals surface area contributed by atoms with Gasteiger partial charge in [-0.25, -0.2) is 0 Å². The fourth-order valence-electron chi connectivity index (χ4n) is 1.44. The number of hydrogen-bond donors (Lipinski definition) is 0. The predicted octanol–water partition coefficient (Wildman–Crippen LogP) is 2.79. The van der Waals surface area contributed by atoms with E-state index in [1.54, 1.807) is 0 Å². The van der Waals surface area contributed by atoms with Crippen molar-refractivity contribution in [3.8, 4) is 0 Å². The summed E-state index contributed by atoms with van der Waals surface area (Å²) in [6, 6.07) is 8.64. The topological polar surface area (TPSA) is 0 Å². The Labute approximate surface area is 81.2 Å². The van der Waals surface area contributed by atoms with Crippen LogP contribution in [-0.4, -0.2) is 5.66 Å². The molecule has 1 aromatic carbocycles. The van der Waals surface area contributed by atoms with Crippen LogP contribution in [0.4, 0.5) is 0 Å². The second kappa shape index (κ2) is 3.89. The number of hydrogen-bond acceptors (Lipinski definition) is 0. The molecule has 1 heteroatoms. The number of aryl methyl sites for hydroxylation is 1. The van der Waals surface area contributed by atoms with Gasteiger partial charge in [-0.3, -0.25) is 0 Å². The minimum atomic E-state index is 0.640. The monoisotopic (exact) mass is 188 g/mol. The second-order valence-electron chi connectivity index (χ2n) is 3.25. The van der Waals surface area contributed by atoms with Crippen molar-refractivity contribution < 1.29 is 0 Å². The van der Waals surface area contributed by atoms with Crippen LogP contribution in [0, 0.1) is 6.92 Å². The molecule has 0 aromatic heterocycles. The smallest absolute Gasteiger partial charge is 0.0169 e. The summed E-state index contributed by atoms with van der Waals surface area (Å²) in [4.78, 5) is 0. The Bertz CT molecular complexity index is 338. The van der Waals surface area contributed by atoms with Gasteiger partial charge >= 0.3 is 0 Å². The van der Waals surface area contributed by atoms with E-state index in [2.05, 4.69) is 55.5 Å². The summed E-state index contributed by atoms with van der Waals surface area (Å²) in [6.07, 6.45) is 8.81. The molecule has 1 aliphatic carbocycles. The van der Waals surface area contributed by atoms with Crippen molar-refractivity contribution in [3.63, 3.8) is 0 Å². The average molecular weight is 188 g/mol. The maximum atomic E-state index is 2.27. The van der Waals surface area contributed by atoms with Crippen molar-refractivity contribution in [1.29, 1.82) is 0 Å². The average Bonchev–Trinajstić information content (AvgIpc) is 2.61. The molecule has 66 valence electrons. The van der Waals surface area contributed by atoms with Crippen molar-refractivity contribution >= 4 is 13.9 Å². The van der Waals surface area contributed by atoms with Gasteiger partial charge in [-0.15, -0.1) is 0 Å². The highest BCUT2D eigenvalue weighted by atomic mass is 31.1. The van der Waals surface area contributed by atoms with E-state index in [1.165, 1.54) is 10.9 Å². The first kappa shape index (κ1) is 8.72. The standard InChI is InChI=1S/C12H13P/c1-10-6-2-5-9-12(10)13-11-7-3-4-8-11/h2-9,11,13H,1H3. The molecule has 0 amide bonds. The molecular formula is C12H13P. The largest absolute Gasteiger partial charge is 0.0791 e. The Morgan fingerprint density at radius 3 is 2.46 bits per heavy atom. The quantitative estimate of drug-likeness (QED) is 0.626. The van der Waals surface area contributed by atoms with E-state index in [0.717, 1.165) is 8.58 Å². The van der Waals surface area contributed by atoms with Gasteiger partial charge in [0.1, 0.15) is 0 Å². The zero-order valence-electron chi connectivity index (χ0n) is 7.70. The maximum Gasteiger partial charge on any atom is 0.0169 e. The van der Waals surface area contributed by atoms with Crippen LogP contribution in [0.5, 0.6) is 0 Å². The van der Waals surface area contributed by atoms with E-state index >= 15 is 0 Å². The molecular weight excluding hydrogens is 175 g/mol. The fourth-order valence-corrected chi connectivity index (χ4v) is 2.72. The SMILES string of the molecule is Cc1ccccc1PC1C=CC=C1. The van der Waals surface area contributed by atoms with E-state index in [1.807, 2.05) is 0 Å². The molecule has 1 unspecified atom stereocenters. The molecule has 1 aliphatic rings. The number of rotatable bonds is 2. The zero-order valence-corrected chi connectivity index (χ0v) is 8.70. The van der Waals surface area contributed by atoms with Crippen LogP contribution in [0.25, 0.3) is 0 Å². The summed E-state index contributed by atoms with van der Waals surface area (Å²) < 4.78 is 0. The highest BCUT2D eigenvalue weighted by Gasteiger charge is 2.05. The summed E-state index contributed by atoms with van der Waals surface area (Å²) in [5, 5.41) is 1.49. The molecule has 0 nitrogen and oxygen atoms in total. The first-order valence-corrected chi connectivity index (χ1v) is 5.61. The first-order chi connectivity index (χ1) is 6.36. The van der Waals surface area contributed by atoms with E-state index < -0.39 is 0 Å². The number of allylic oxidation sites excluding steroid dienone is 4. The Balaban J connectivity index is 2.13. The Morgan fingerprint density at radius 1 is 1.08 bits per heavy atom. The van der Waals surface area contributed by atoms with Gasteiger partial charge in [0.05, 0.1) is 0 Å². The molecule has 2 rings (SSSR count). The molecule has 0 saturated carbocycles. The van der Waals surface area contributed by atoms with Crippen LogP contribution in [0.15, 0.2) is 48.6 Å². The first-order valence-electron chi connectivity index (χ1n) is 4.53. The van der Waals surface area contributed by atoms with E-state index in [9.17, 15) is 0 Å². The fraction of sp³-hybridized carbons (Fsp3) is 0.167. The molecule has 0 spiro atoms. The second-order valence-corrected chi connectivity index (χ2v) is 4.75. The Morgan fingerprint density at radius 2 is 1.77 bits per heavy atom. The summed E-state index contributed by atoms with van der Waals surface area (Å²) in [5.74, 6) is 0. The van der Waals surface area contributed by atoms with Crippen molar-refractivity contribution in [3.05, 3.63) is 54.1 Å². The molecule has 0 saturated heterocycles. The highest BCUT2D eigenvalue weighted by molar-refractivity contribution is 7.48. The number of benzene rings is 1. The van der Waals surface area contributed by atoms with Gasteiger partial charge in [0.2, 0.25) is 0 Å². The summed E-state index contributed by atoms with van der Waals surface area (Å²) >= 11 is 0. The Kier molecular flexibility index (Phi) is 2.61. The molecule has 0 fully saturated rings. The molecule has 0 heterocycles. The van der Waals surface area contributed by atoms with E-state index in [0.29, 0.717) is 5.66 Å². The lowest BCUT2D eigenvalue weighted by Crippen LogP contribution is -2.03. The van der Waals surface area contributed by atoms with E-state index in [-0.39, 0.29) is 0 Å². The molecule has 1 atom stereocenters. The van der Waals surface area contributed by atoms with Crippen LogP contribution >= 0.6 is 8.58 Å². The van der Waals surface area contributed by atoms with E-state index in [4.69, 9.17) is 0 Å². The van der Waals surface area contributed by atoms with Crippen molar-refractivity contribution in [2.75, 3.05) is 0 Å². The molecule has 13 heavy (non-hydrogen) atoms. The van der Waals surface area contributed by atoms with Crippen LogP contribution < -0.4 is 5.30 Å². The molecule has 0 N–H and O–H groups in total. The van der Waals surface area contributed by atoms with Crippen molar-refractivity contribution in [2.24, 2.45) is 0 Å². The summed E-state index contributed by atoms with van der Waals surface area (Å²) in [6.45, 7) is 2.19. The summed E-state index contributed by atoms with van der Waals surface area (Å²) in [7, 11) is 0.883. The zero-order chi connectivity index (χ0) is 9.10. The van der Waals surface area contributed by atoms with Gasteiger partial charge in [-0.05, 0) is 17.8 Å². The lowest BCUT2D eigenvalue weighted by atomic mass is 10.2. The maximum absolute atomic E-state index is 2.27. The third kappa shape index (κ3) is 2.08. The lowest BCUT2D eigenvalue weighted by molar-refractivity contribution is 1.45.